The molecule has 0 amide bonds. The standard InChI is InChI=1S/C26H33NO6/c1-6-32-25(29)19-15-27-20(14-21(19)28)18-13-22(31-5)23(33-11-7-10-30-4)12-17(18)16-8-9-26(2,3)24(16)27/h12-16,24H,6-11H2,1-5H3/t16-,24-/m1/s1. The summed E-state index contributed by atoms with van der Waals surface area (Å²) in [5.41, 5.74) is 2.65. The molecule has 4 rings (SSSR count). The summed E-state index contributed by atoms with van der Waals surface area (Å²) in [6, 6.07) is 5.71. The minimum atomic E-state index is -0.576. The second-order valence-electron chi connectivity index (χ2n) is 9.43. The summed E-state index contributed by atoms with van der Waals surface area (Å²) >= 11 is 0. The molecular formula is C26H33NO6. The fourth-order valence-corrected chi connectivity index (χ4v) is 5.39. The van der Waals surface area contributed by atoms with Gasteiger partial charge in [-0.3, -0.25) is 4.79 Å². The average Bonchev–Trinajstić information content (AvgIpc) is 3.11. The van der Waals surface area contributed by atoms with Gasteiger partial charge in [0.2, 0.25) is 0 Å². The first-order chi connectivity index (χ1) is 15.8. The number of methoxy groups -OCH3 is 2. The Balaban J connectivity index is 1.86. The number of rotatable bonds is 8. The van der Waals surface area contributed by atoms with Gasteiger partial charge in [-0.15, -0.1) is 0 Å². The number of hydrogen-bond donors (Lipinski definition) is 0. The van der Waals surface area contributed by atoms with Crippen molar-refractivity contribution >= 4 is 5.97 Å². The molecule has 1 fully saturated rings. The number of carbonyl (C=O) groups excluding carboxylic acids is 1. The fraction of sp³-hybridized carbons (Fsp3) is 0.538. The van der Waals surface area contributed by atoms with Crippen molar-refractivity contribution in [3.63, 3.8) is 0 Å². The smallest absolute Gasteiger partial charge is 0.343 e. The molecule has 0 unspecified atom stereocenters. The van der Waals surface area contributed by atoms with Gasteiger partial charge in [0.15, 0.2) is 16.9 Å². The molecule has 1 aliphatic carbocycles. The summed E-state index contributed by atoms with van der Waals surface area (Å²) in [6.45, 7) is 7.62. The Morgan fingerprint density at radius 3 is 2.64 bits per heavy atom. The molecule has 1 aromatic carbocycles. The number of ether oxygens (including phenoxy) is 4. The van der Waals surface area contributed by atoms with Crippen LogP contribution < -0.4 is 14.9 Å². The number of esters is 1. The molecule has 178 valence electrons. The number of aromatic nitrogens is 1. The zero-order valence-electron chi connectivity index (χ0n) is 20.1. The van der Waals surface area contributed by atoms with E-state index < -0.39 is 5.97 Å². The van der Waals surface area contributed by atoms with E-state index in [4.69, 9.17) is 18.9 Å². The van der Waals surface area contributed by atoms with E-state index in [0.717, 1.165) is 36.1 Å². The Kier molecular flexibility index (Phi) is 6.52. The van der Waals surface area contributed by atoms with Crippen LogP contribution in [-0.4, -0.2) is 44.6 Å². The molecule has 2 aromatic rings. The lowest BCUT2D eigenvalue weighted by Gasteiger charge is -2.40. The van der Waals surface area contributed by atoms with E-state index in [-0.39, 0.29) is 35.0 Å². The summed E-state index contributed by atoms with van der Waals surface area (Å²) in [5, 5.41) is 0. The van der Waals surface area contributed by atoms with Crippen molar-refractivity contribution in [3.05, 3.63) is 45.7 Å². The predicted octanol–water partition coefficient (Wildman–Crippen LogP) is 4.57. The molecule has 0 spiro atoms. The maximum Gasteiger partial charge on any atom is 0.343 e. The fourth-order valence-electron chi connectivity index (χ4n) is 5.39. The third-order valence-corrected chi connectivity index (χ3v) is 6.92. The predicted molar refractivity (Wildman–Crippen MR) is 125 cm³/mol. The number of benzene rings is 1. The molecule has 2 atom stereocenters. The van der Waals surface area contributed by atoms with Crippen molar-refractivity contribution in [2.24, 2.45) is 5.41 Å². The highest BCUT2D eigenvalue weighted by atomic mass is 16.5. The Bertz CT molecular complexity index is 1100. The SMILES string of the molecule is CCOC(=O)c1cn2c(cc1=O)-c1cc(OC)c(OCCCOC)cc1[C@H]1CCC(C)(C)[C@@H]12. The Labute approximate surface area is 194 Å². The van der Waals surface area contributed by atoms with Crippen LogP contribution in [0.5, 0.6) is 11.5 Å². The van der Waals surface area contributed by atoms with Gasteiger partial charge < -0.3 is 23.5 Å². The lowest BCUT2D eigenvalue weighted by Crippen LogP contribution is -2.32. The normalized spacial score (nSPS) is 19.9. The van der Waals surface area contributed by atoms with Gasteiger partial charge in [0.1, 0.15) is 5.56 Å². The Morgan fingerprint density at radius 1 is 1.15 bits per heavy atom. The molecule has 1 saturated carbocycles. The van der Waals surface area contributed by atoms with Gasteiger partial charge in [0.05, 0.1) is 26.0 Å². The van der Waals surface area contributed by atoms with Crippen LogP contribution in [0.15, 0.2) is 29.2 Å². The van der Waals surface area contributed by atoms with Crippen LogP contribution in [0.3, 0.4) is 0 Å². The first-order valence-electron chi connectivity index (χ1n) is 11.6. The van der Waals surface area contributed by atoms with Gasteiger partial charge in [0.25, 0.3) is 0 Å². The lowest BCUT2D eigenvalue weighted by atomic mass is 9.77. The maximum absolute atomic E-state index is 12.9. The third kappa shape index (κ3) is 4.14. The van der Waals surface area contributed by atoms with Gasteiger partial charge in [0, 0.05) is 49.9 Å². The molecule has 0 bridgehead atoms. The van der Waals surface area contributed by atoms with Crippen LogP contribution in [0.4, 0.5) is 0 Å². The van der Waals surface area contributed by atoms with Gasteiger partial charge in [-0.2, -0.15) is 0 Å². The van der Waals surface area contributed by atoms with Crippen LogP contribution in [0, 0.1) is 5.41 Å². The summed E-state index contributed by atoms with van der Waals surface area (Å²) in [4.78, 5) is 25.4. The molecule has 33 heavy (non-hydrogen) atoms. The topological polar surface area (TPSA) is 76.0 Å². The molecule has 2 heterocycles. The molecule has 0 radical (unpaired) electrons. The van der Waals surface area contributed by atoms with Gasteiger partial charge in [-0.05, 0) is 42.9 Å². The van der Waals surface area contributed by atoms with Crippen molar-refractivity contribution in [2.45, 2.75) is 52.0 Å². The van der Waals surface area contributed by atoms with Crippen LogP contribution in [-0.2, 0) is 9.47 Å². The second-order valence-corrected chi connectivity index (χ2v) is 9.43. The number of fused-ring (bicyclic) bond motifs is 6. The van der Waals surface area contributed by atoms with Crippen molar-refractivity contribution in [1.82, 2.24) is 4.57 Å². The zero-order valence-corrected chi connectivity index (χ0v) is 20.1. The van der Waals surface area contributed by atoms with Crippen LogP contribution in [0.25, 0.3) is 11.3 Å². The summed E-state index contributed by atoms with van der Waals surface area (Å²) < 4.78 is 24.1. The highest BCUT2D eigenvalue weighted by molar-refractivity contribution is 5.89. The third-order valence-electron chi connectivity index (χ3n) is 6.92. The highest BCUT2D eigenvalue weighted by Gasteiger charge is 2.47. The zero-order chi connectivity index (χ0) is 23.8. The number of nitrogens with zero attached hydrogens (tertiary/aromatic N) is 1. The van der Waals surface area contributed by atoms with Crippen LogP contribution in [0.2, 0.25) is 0 Å². The lowest BCUT2D eigenvalue weighted by molar-refractivity contribution is 0.0523. The van der Waals surface area contributed by atoms with E-state index in [1.807, 2.05) is 6.07 Å². The van der Waals surface area contributed by atoms with E-state index in [9.17, 15) is 9.59 Å². The van der Waals surface area contributed by atoms with Crippen molar-refractivity contribution in [1.29, 1.82) is 0 Å². The molecule has 7 heteroatoms. The van der Waals surface area contributed by atoms with E-state index in [1.165, 1.54) is 0 Å². The summed E-state index contributed by atoms with van der Waals surface area (Å²) in [5.74, 6) is 0.991. The van der Waals surface area contributed by atoms with E-state index >= 15 is 0 Å². The van der Waals surface area contributed by atoms with Crippen molar-refractivity contribution in [3.8, 4) is 22.8 Å². The Hall–Kier alpha value is -2.80. The molecule has 2 aliphatic rings. The molecule has 7 nitrogen and oxygen atoms in total. The van der Waals surface area contributed by atoms with Gasteiger partial charge in [-0.1, -0.05) is 13.8 Å². The number of pyridine rings is 1. The Morgan fingerprint density at radius 2 is 1.94 bits per heavy atom. The van der Waals surface area contributed by atoms with Gasteiger partial charge >= 0.3 is 5.97 Å². The van der Waals surface area contributed by atoms with Crippen LogP contribution >= 0.6 is 0 Å². The maximum atomic E-state index is 12.9. The van der Waals surface area contributed by atoms with Crippen LogP contribution in [0.1, 0.15) is 67.9 Å². The average molecular weight is 456 g/mol. The molecule has 0 saturated heterocycles. The first-order valence-corrected chi connectivity index (χ1v) is 11.6. The molecule has 0 N–H and O–H groups in total. The largest absolute Gasteiger partial charge is 0.493 e. The highest BCUT2D eigenvalue weighted by Crippen LogP contribution is 2.59. The quantitative estimate of drug-likeness (QED) is 0.429. The minimum absolute atomic E-state index is 0.00246. The summed E-state index contributed by atoms with van der Waals surface area (Å²) in [6.07, 6.45) is 4.54. The summed E-state index contributed by atoms with van der Waals surface area (Å²) in [7, 11) is 3.29. The first kappa shape index (κ1) is 23.4. The van der Waals surface area contributed by atoms with Crippen molar-refractivity contribution < 1.29 is 23.7 Å². The van der Waals surface area contributed by atoms with E-state index in [1.54, 1.807) is 33.4 Å². The van der Waals surface area contributed by atoms with Crippen molar-refractivity contribution in [2.75, 3.05) is 34.0 Å². The molecule has 1 aromatic heterocycles. The molecular weight excluding hydrogens is 422 g/mol. The second kappa shape index (κ2) is 9.21. The minimum Gasteiger partial charge on any atom is -0.493 e. The van der Waals surface area contributed by atoms with E-state index in [0.29, 0.717) is 24.7 Å². The van der Waals surface area contributed by atoms with Gasteiger partial charge in [-0.25, -0.2) is 4.79 Å². The monoisotopic (exact) mass is 455 g/mol. The number of carbonyl (C=O) groups is 1. The van der Waals surface area contributed by atoms with E-state index in [2.05, 4.69) is 24.5 Å². The molecule has 1 aliphatic heterocycles. The number of hydrogen-bond acceptors (Lipinski definition) is 6.